The van der Waals surface area contributed by atoms with Crippen LogP contribution in [0.4, 0.5) is 4.39 Å². The molecule has 0 aliphatic rings. The Bertz CT molecular complexity index is 753. The van der Waals surface area contributed by atoms with Crippen molar-refractivity contribution in [2.45, 2.75) is 12.5 Å². The number of hydrogen-bond acceptors (Lipinski definition) is 2. The Kier molecular flexibility index (Phi) is 3.74. The van der Waals surface area contributed by atoms with Crippen LogP contribution in [0.25, 0.3) is 10.1 Å². The third kappa shape index (κ3) is 2.44. The number of rotatable bonds is 3. The molecule has 1 unspecified atom stereocenters. The fourth-order valence-corrected chi connectivity index (χ4v) is 3.59. The third-order valence-corrected chi connectivity index (χ3v) is 4.79. The molecule has 4 heteroatoms. The summed E-state index contributed by atoms with van der Waals surface area (Å²) >= 11 is 7.69. The molecule has 0 aliphatic heterocycles. The average Bonchev–Trinajstić information content (AvgIpc) is 2.85. The molecule has 0 fully saturated rings. The second kappa shape index (κ2) is 5.52. The zero-order valence-electron chi connectivity index (χ0n) is 10.6. The van der Waals surface area contributed by atoms with Gasteiger partial charge in [0.25, 0.3) is 0 Å². The van der Waals surface area contributed by atoms with Crippen LogP contribution < -0.4 is 5.73 Å². The highest BCUT2D eigenvalue weighted by Gasteiger charge is 2.15. The smallest absolute Gasteiger partial charge is 0.142 e. The molecule has 1 atom stereocenters. The summed E-state index contributed by atoms with van der Waals surface area (Å²) < 4.78 is 14.7. The van der Waals surface area contributed by atoms with Gasteiger partial charge in [0.2, 0.25) is 0 Å². The Labute approximate surface area is 125 Å². The molecule has 2 N–H and O–H groups in total. The standard InChI is InChI=1S/C16H13ClFNS/c17-16-12(5-3-6-13(16)18)14(19)8-10-9-20-15-7-2-1-4-11(10)15/h1-7,9,14H,8,19H2. The fraction of sp³-hybridized carbons (Fsp3) is 0.125. The molecule has 3 rings (SSSR count). The summed E-state index contributed by atoms with van der Waals surface area (Å²) in [6.07, 6.45) is 0.646. The molecule has 3 aromatic rings. The molecule has 1 aromatic heterocycles. The van der Waals surface area contributed by atoms with Gasteiger partial charge in [-0.05, 0) is 40.4 Å². The van der Waals surface area contributed by atoms with E-state index in [9.17, 15) is 4.39 Å². The summed E-state index contributed by atoms with van der Waals surface area (Å²) in [6, 6.07) is 12.7. The topological polar surface area (TPSA) is 26.0 Å². The predicted molar refractivity (Wildman–Crippen MR) is 83.9 cm³/mol. The lowest BCUT2D eigenvalue weighted by molar-refractivity contribution is 0.619. The molecule has 0 amide bonds. The van der Waals surface area contributed by atoms with E-state index in [2.05, 4.69) is 17.5 Å². The monoisotopic (exact) mass is 305 g/mol. The van der Waals surface area contributed by atoms with Gasteiger partial charge in [-0.15, -0.1) is 11.3 Å². The Balaban J connectivity index is 1.92. The van der Waals surface area contributed by atoms with E-state index in [1.165, 1.54) is 21.7 Å². The molecule has 0 saturated carbocycles. The highest BCUT2D eigenvalue weighted by atomic mass is 35.5. The van der Waals surface area contributed by atoms with Gasteiger partial charge in [-0.3, -0.25) is 0 Å². The van der Waals surface area contributed by atoms with Crippen LogP contribution in [0.15, 0.2) is 47.8 Å². The van der Waals surface area contributed by atoms with Gasteiger partial charge in [-0.25, -0.2) is 4.39 Å². The molecule has 0 spiro atoms. The van der Waals surface area contributed by atoms with Gasteiger partial charge in [0, 0.05) is 10.7 Å². The zero-order chi connectivity index (χ0) is 14.1. The van der Waals surface area contributed by atoms with E-state index in [0.29, 0.717) is 12.0 Å². The molecule has 0 aliphatic carbocycles. The van der Waals surface area contributed by atoms with Crippen LogP contribution in [-0.4, -0.2) is 0 Å². The zero-order valence-corrected chi connectivity index (χ0v) is 12.2. The first-order chi connectivity index (χ1) is 9.66. The van der Waals surface area contributed by atoms with E-state index >= 15 is 0 Å². The Morgan fingerprint density at radius 1 is 1.15 bits per heavy atom. The van der Waals surface area contributed by atoms with Crippen molar-refractivity contribution in [1.29, 1.82) is 0 Å². The predicted octanol–water partition coefficient (Wildman–Crippen LogP) is 4.94. The van der Waals surface area contributed by atoms with Crippen LogP contribution in [-0.2, 0) is 6.42 Å². The summed E-state index contributed by atoms with van der Waals surface area (Å²) in [7, 11) is 0. The number of hydrogen-bond donors (Lipinski definition) is 1. The number of nitrogens with two attached hydrogens (primary N) is 1. The molecule has 0 radical (unpaired) electrons. The van der Waals surface area contributed by atoms with Gasteiger partial charge in [0.05, 0.1) is 5.02 Å². The van der Waals surface area contributed by atoms with Crippen molar-refractivity contribution < 1.29 is 4.39 Å². The minimum Gasteiger partial charge on any atom is -0.324 e. The Morgan fingerprint density at radius 3 is 2.80 bits per heavy atom. The quantitative estimate of drug-likeness (QED) is 0.729. The maximum Gasteiger partial charge on any atom is 0.142 e. The van der Waals surface area contributed by atoms with Crippen molar-refractivity contribution in [3.8, 4) is 0 Å². The van der Waals surface area contributed by atoms with Gasteiger partial charge >= 0.3 is 0 Å². The first-order valence-corrected chi connectivity index (χ1v) is 7.57. The van der Waals surface area contributed by atoms with Crippen LogP contribution in [0, 0.1) is 5.82 Å². The van der Waals surface area contributed by atoms with Crippen LogP contribution in [0.1, 0.15) is 17.2 Å². The van der Waals surface area contributed by atoms with E-state index in [0.717, 1.165) is 0 Å². The van der Waals surface area contributed by atoms with Gasteiger partial charge in [-0.1, -0.05) is 41.9 Å². The minimum atomic E-state index is -0.421. The lowest BCUT2D eigenvalue weighted by Crippen LogP contribution is -2.14. The molecule has 2 aromatic carbocycles. The number of thiophene rings is 1. The molecule has 0 saturated heterocycles. The van der Waals surface area contributed by atoms with E-state index < -0.39 is 5.82 Å². The number of halogens is 2. The second-order valence-electron chi connectivity index (χ2n) is 4.71. The first kappa shape index (κ1) is 13.6. The summed E-state index contributed by atoms with van der Waals surface area (Å²) in [6.45, 7) is 0. The van der Waals surface area contributed by atoms with E-state index in [-0.39, 0.29) is 11.1 Å². The highest BCUT2D eigenvalue weighted by Crippen LogP contribution is 2.31. The molecule has 1 heterocycles. The molecule has 20 heavy (non-hydrogen) atoms. The largest absolute Gasteiger partial charge is 0.324 e. The van der Waals surface area contributed by atoms with Crippen molar-refractivity contribution in [2.24, 2.45) is 5.73 Å². The van der Waals surface area contributed by atoms with E-state index in [1.54, 1.807) is 23.5 Å². The SMILES string of the molecule is NC(Cc1csc2ccccc12)c1cccc(F)c1Cl. The maximum absolute atomic E-state index is 13.5. The van der Waals surface area contributed by atoms with Crippen molar-refractivity contribution >= 4 is 33.0 Å². The van der Waals surface area contributed by atoms with Gasteiger partial charge < -0.3 is 5.73 Å². The number of benzene rings is 2. The lowest BCUT2D eigenvalue weighted by atomic mass is 9.99. The molecule has 102 valence electrons. The van der Waals surface area contributed by atoms with E-state index in [4.69, 9.17) is 17.3 Å². The van der Waals surface area contributed by atoms with Crippen LogP contribution >= 0.6 is 22.9 Å². The van der Waals surface area contributed by atoms with Gasteiger partial charge in [-0.2, -0.15) is 0 Å². The fourth-order valence-electron chi connectivity index (χ4n) is 2.34. The Morgan fingerprint density at radius 2 is 1.95 bits per heavy atom. The summed E-state index contributed by atoms with van der Waals surface area (Å²) in [5, 5.41) is 3.44. The highest BCUT2D eigenvalue weighted by molar-refractivity contribution is 7.17. The van der Waals surface area contributed by atoms with Crippen molar-refractivity contribution in [3.63, 3.8) is 0 Å². The summed E-state index contributed by atoms with van der Waals surface area (Å²) in [5.41, 5.74) is 8.03. The van der Waals surface area contributed by atoms with Crippen LogP contribution in [0.2, 0.25) is 5.02 Å². The molecular weight excluding hydrogens is 293 g/mol. The van der Waals surface area contributed by atoms with Crippen LogP contribution in [0.5, 0.6) is 0 Å². The van der Waals surface area contributed by atoms with Crippen molar-refractivity contribution in [2.75, 3.05) is 0 Å². The van der Waals surface area contributed by atoms with Gasteiger partial charge in [0.1, 0.15) is 5.82 Å². The first-order valence-electron chi connectivity index (χ1n) is 6.31. The van der Waals surface area contributed by atoms with Gasteiger partial charge in [0.15, 0.2) is 0 Å². The second-order valence-corrected chi connectivity index (χ2v) is 6.00. The van der Waals surface area contributed by atoms with Crippen molar-refractivity contribution in [1.82, 2.24) is 0 Å². The van der Waals surface area contributed by atoms with E-state index in [1.807, 2.05) is 12.1 Å². The molecule has 1 nitrogen and oxygen atoms in total. The normalized spacial score (nSPS) is 12.8. The maximum atomic E-state index is 13.5. The lowest BCUT2D eigenvalue weighted by Gasteiger charge is -2.13. The average molecular weight is 306 g/mol. The Hall–Kier alpha value is -1.42. The minimum absolute atomic E-state index is 0.125. The summed E-state index contributed by atoms with van der Waals surface area (Å²) in [4.78, 5) is 0. The number of fused-ring (bicyclic) bond motifs is 1. The molecular formula is C16H13ClFNS. The summed E-state index contributed by atoms with van der Waals surface area (Å²) in [5.74, 6) is -0.421. The molecule has 0 bridgehead atoms. The third-order valence-electron chi connectivity index (χ3n) is 3.38. The van der Waals surface area contributed by atoms with Crippen LogP contribution in [0.3, 0.4) is 0 Å². The van der Waals surface area contributed by atoms with Crippen molar-refractivity contribution in [3.05, 3.63) is 69.8 Å².